The molecule has 0 N–H and O–H groups in total. The van der Waals surface area contributed by atoms with E-state index >= 15 is 0 Å². The topological polar surface area (TPSA) is 17.1 Å². The van der Waals surface area contributed by atoms with Gasteiger partial charge in [0.2, 0.25) is 0 Å². The van der Waals surface area contributed by atoms with Gasteiger partial charge in [0.25, 0.3) is 0 Å². The van der Waals surface area contributed by atoms with Crippen molar-refractivity contribution in [2.75, 3.05) is 0 Å². The molecule has 0 aromatic heterocycles. The van der Waals surface area contributed by atoms with Gasteiger partial charge in [-0.05, 0) is 0 Å². The van der Waals surface area contributed by atoms with E-state index in [0.717, 1.165) is 6.42 Å². The molecule has 1 aliphatic carbocycles. The summed E-state index contributed by atoms with van der Waals surface area (Å²) in [6, 6.07) is 10.4. The summed E-state index contributed by atoms with van der Waals surface area (Å²) in [7, 11) is 0. The van der Waals surface area contributed by atoms with E-state index in [1.165, 1.54) is 8.93 Å². The minimum atomic E-state index is 0.232. The molecule has 0 fully saturated rings. The summed E-state index contributed by atoms with van der Waals surface area (Å²) < 4.78 is 2.72. The Morgan fingerprint density at radius 3 is 2.57 bits per heavy atom. The van der Waals surface area contributed by atoms with Crippen LogP contribution in [0, 0.1) is 5.92 Å². The second-order valence-corrected chi connectivity index (χ2v) is 5.83. The van der Waals surface area contributed by atoms with Crippen LogP contribution >= 0.6 is 0 Å². The van der Waals surface area contributed by atoms with Crippen molar-refractivity contribution in [1.82, 2.24) is 0 Å². The molecule has 1 nitrogen and oxygen atoms in total. The maximum absolute atomic E-state index is 11.2. The molecule has 0 saturated carbocycles. The van der Waals surface area contributed by atoms with E-state index in [9.17, 15) is 4.79 Å². The zero-order chi connectivity index (χ0) is 9.97. The quantitative estimate of drug-likeness (QED) is 0.744. The number of ketones is 1. The van der Waals surface area contributed by atoms with Crippen molar-refractivity contribution in [3.05, 3.63) is 40.9 Å². The molecular weight excluding hydrogens is 239 g/mol. The first-order valence-corrected chi connectivity index (χ1v) is 6.42. The first kappa shape index (κ1) is 9.69. The van der Waals surface area contributed by atoms with Gasteiger partial charge in [-0.15, -0.1) is 0 Å². The van der Waals surface area contributed by atoms with Gasteiger partial charge >= 0.3 is 90.1 Å². The number of rotatable bonds is 3. The summed E-state index contributed by atoms with van der Waals surface area (Å²) in [5.41, 5.74) is 0. The number of carbonyl (C=O) groups is 1. The minimum absolute atomic E-state index is 0.232. The second kappa shape index (κ2) is 4.12. The molecular formula is C12H12OSe. The molecule has 0 saturated heterocycles. The molecule has 72 valence electrons. The molecule has 14 heavy (non-hydrogen) atoms. The van der Waals surface area contributed by atoms with Crippen LogP contribution in [0.5, 0.6) is 0 Å². The Bertz CT molecular complexity index is 367. The molecule has 2 rings (SSSR count). The SMILES string of the molecule is CC(=O)C1CC=C1[Se]c1ccccc1. The van der Waals surface area contributed by atoms with Crippen molar-refractivity contribution in [3.8, 4) is 0 Å². The van der Waals surface area contributed by atoms with Gasteiger partial charge in [-0.3, -0.25) is 0 Å². The summed E-state index contributed by atoms with van der Waals surface area (Å²) in [6.45, 7) is 1.69. The Labute approximate surface area is 90.4 Å². The van der Waals surface area contributed by atoms with Crippen LogP contribution in [0.1, 0.15) is 13.3 Å². The predicted octanol–water partition coefficient (Wildman–Crippen LogP) is 1.51. The summed E-state index contributed by atoms with van der Waals surface area (Å²) in [4.78, 5) is 11.2. The van der Waals surface area contributed by atoms with Crippen molar-refractivity contribution < 1.29 is 4.79 Å². The fourth-order valence-electron chi connectivity index (χ4n) is 1.44. The van der Waals surface area contributed by atoms with Gasteiger partial charge in [0.05, 0.1) is 0 Å². The van der Waals surface area contributed by atoms with Gasteiger partial charge in [-0.2, -0.15) is 0 Å². The first-order valence-electron chi connectivity index (χ1n) is 4.71. The van der Waals surface area contributed by atoms with Crippen LogP contribution in [0.4, 0.5) is 0 Å². The summed E-state index contributed by atoms with van der Waals surface area (Å²) in [5, 5.41) is 0. The number of hydrogen-bond donors (Lipinski definition) is 0. The van der Waals surface area contributed by atoms with E-state index in [1.807, 2.05) is 6.07 Å². The molecule has 1 aromatic carbocycles. The summed E-state index contributed by atoms with van der Waals surface area (Å²) >= 11 is 0.357. The Balaban J connectivity index is 2.04. The number of benzene rings is 1. The van der Waals surface area contributed by atoms with Gasteiger partial charge in [0.15, 0.2) is 0 Å². The zero-order valence-corrected chi connectivity index (χ0v) is 9.78. The normalized spacial score (nSPS) is 19.8. The van der Waals surface area contributed by atoms with E-state index in [0.29, 0.717) is 20.7 Å². The molecule has 0 bridgehead atoms. The molecule has 1 aromatic rings. The van der Waals surface area contributed by atoms with Crippen LogP contribution in [0.3, 0.4) is 0 Å². The van der Waals surface area contributed by atoms with Crippen molar-refractivity contribution in [3.63, 3.8) is 0 Å². The molecule has 0 amide bonds. The predicted molar refractivity (Wildman–Crippen MR) is 58.7 cm³/mol. The summed E-state index contributed by atoms with van der Waals surface area (Å²) in [6.07, 6.45) is 3.16. The Kier molecular flexibility index (Phi) is 2.85. The zero-order valence-electron chi connectivity index (χ0n) is 8.07. The number of carbonyl (C=O) groups excluding carboxylic acids is 1. The molecule has 1 unspecified atom stereocenters. The van der Waals surface area contributed by atoms with Crippen molar-refractivity contribution in [2.45, 2.75) is 13.3 Å². The van der Waals surface area contributed by atoms with Crippen molar-refractivity contribution in [2.24, 2.45) is 5.92 Å². The second-order valence-electron chi connectivity index (χ2n) is 3.42. The van der Waals surface area contributed by atoms with Crippen LogP contribution < -0.4 is 4.46 Å². The Morgan fingerprint density at radius 1 is 1.36 bits per heavy atom. The van der Waals surface area contributed by atoms with E-state index in [4.69, 9.17) is 0 Å². The van der Waals surface area contributed by atoms with Crippen molar-refractivity contribution in [1.29, 1.82) is 0 Å². The summed E-state index contributed by atoms with van der Waals surface area (Å²) in [5.74, 6) is 0.551. The number of allylic oxidation sites excluding steroid dienone is 2. The van der Waals surface area contributed by atoms with E-state index < -0.39 is 0 Å². The standard InChI is InChI=1S/C12H12OSe/c1-9(13)11-7-8-12(11)14-10-5-3-2-4-6-10/h2-6,8,11H,7H2,1H3. The van der Waals surface area contributed by atoms with Gasteiger partial charge in [0, 0.05) is 0 Å². The van der Waals surface area contributed by atoms with E-state index in [2.05, 4.69) is 30.3 Å². The molecule has 2 heteroatoms. The molecule has 0 radical (unpaired) electrons. The van der Waals surface area contributed by atoms with Gasteiger partial charge in [0.1, 0.15) is 0 Å². The van der Waals surface area contributed by atoms with Gasteiger partial charge < -0.3 is 0 Å². The van der Waals surface area contributed by atoms with Gasteiger partial charge in [-0.25, -0.2) is 0 Å². The van der Waals surface area contributed by atoms with Gasteiger partial charge in [-0.1, -0.05) is 0 Å². The third kappa shape index (κ3) is 1.97. The van der Waals surface area contributed by atoms with E-state index in [1.54, 1.807) is 6.92 Å². The third-order valence-corrected chi connectivity index (χ3v) is 4.87. The van der Waals surface area contributed by atoms with E-state index in [-0.39, 0.29) is 5.92 Å². The average molecular weight is 251 g/mol. The molecule has 1 atom stereocenters. The third-order valence-electron chi connectivity index (χ3n) is 2.37. The molecule has 0 heterocycles. The Hall–Kier alpha value is -0.851. The fraction of sp³-hybridized carbons (Fsp3) is 0.250. The molecule has 1 aliphatic rings. The van der Waals surface area contributed by atoms with Crippen LogP contribution in [0.25, 0.3) is 0 Å². The fourth-order valence-corrected chi connectivity index (χ4v) is 3.85. The van der Waals surface area contributed by atoms with Crippen molar-refractivity contribution >= 4 is 25.2 Å². The molecule has 0 spiro atoms. The van der Waals surface area contributed by atoms with Crippen LogP contribution in [0.15, 0.2) is 40.9 Å². The molecule has 0 aliphatic heterocycles. The van der Waals surface area contributed by atoms with Crippen LogP contribution in [-0.4, -0.2) is 20.7 Å². The van der Waals surface area contributed by atoms with Crippen LogP contribution in [0.2, 0.25) is 0 Å². The number of hydrogen-bond acceptors (Lipinski definition) is 1. The Morgan fingerprint density at radius 2 is 2.07 bits per heavy atom. The average Bonchev–Trinajstić information content (AvgIpc) is 2.13. The monoisotopic (exact) mass is 252 g/mol. The maximum atomic E-state index is 11.2. The first-order chi connectivity index (χ1) is 6.77. The number of Topliss-reactive ketones (excluding diaryl/α,β-unsaturated/α-hetero) is 1. The van der Waals surface area contributed by atoms with Crippen LogP contribution in [-0.2, 0) is 4.79 Å².